The van der Waals surface area contributed by atoms with Crippen LogP contribution >= 0.6 is 0 Å². The Morgan fingerprint density at radius 1 is 1.30 bits per heavy atom. The summed E-state index contributed by atoms with van der Waals surface area (Å²) in [4.78, 5) is 24.3. The van der Waals surface area contributed by atoms with E-state index in [1.807, 2.05) is 22.7 Å². The smallest absolute Gasteiger partial charge is 0.258 e. The first kappa shape index (κ1) is 17.2. The molecular formula is C18H21N7O2. The number of nitrogens with zero attached hydrogens (tertiary/aromatic N) is 4. The summed E-state index contributed by atoms with van der Waals surface area (Å²) in [7, 11) is 0. The molecule has 1 aliphatic rings. The number of imidazole rings is 1. The lowest BCUT2D eigenvalue weighted by Gasteiger charge is -2.23. The fourth-order valence-electron chi connectivity index (χ4n) is 3.06. The number of carbonyl (C=O) groups excluding carboxylic acids is 1. The van der Waals surface area contributed by atoms with Gasteiger partial charge in [0, 0.05) is 18.7 Å². The number of carbonyl (C=O) groups is 1. The third-order valence-corrected chi connectivity index (χ3v) is 4.38. The average molecular weight is 367 g/mol. The maximum absolute atomic E-state index is 11.2. The molecular weight excluding hydrogens is 346 g/mol. The lowest BCUT2D eigenvalue weighted by molar-refractivity contribution is -0.114. The largest absolute Gasteiger partial charge is 0.472 e. The lowest BCUT2D eigenvalue weighted by Crippen LogP contribution is -2.34. The summed E-state index contributed by atoms with van der Waals surface area (Å²) in [5.74, 6) is 0.985. The zero-order valence-corrected chi connectivity index (χ0v) is 15.0. The van der Waals surface area contributed by atoms with Crippen molar-refractivity contribution in [2.75, 3.05) is 24.1 Å². The number of ether oxygens (including phenoxy) is 1. The first-order chi connectivity index (χ1) is 13.1. The van der Waals surface area contributed by atoms with Gasteiger partial charge in [0.15, 0.2) is 11.6 Å². The topological polar surface area (TPSA) is 119 Å². The summed E-state index contributed by atoms with van der Waals surface area (Å²) < 4.78 is 7.80. The molecule has 3 aromatic heterocycles. The Bertz CT molecular complexity index is 979. The van der Waals surface area contributed by atoms with Crippen molar-refractivity contribution in [2.24, 2.45) is 0 Å². The Morgan fingerprint density at radius 3 is 2.89 bits per heavy atom. The van der Waals surface area contributed by atoms with E-state index in [-0.39, 0.29) is 17.8 Å². The fourth-order valence-corrected chi connectivity index (χ4v) is 3.06. The predicted molar refractivity (Wildman–Crippen MR) is 101 cm³/mol. The molecule has 140 valence electrons. The molecule has 1 fully saturated rings. The molecule has 0 aliphatic carbocycles. The van der Waals surface area contributed by atoms with Crippen LogP contribution in [-0.4, -0.2) is 44.5 Å². The van der Waals surface area contributed by atoms with E-state index in [0.29, 0.717) is 17.4 Å². The molecule has 9 nitrogen and oxygen atoms in total. The number of anilines is 2. The molecule has 1 aliphatic heterocycles. The van der Waals surface area contributed by atoms with Gasteiger partial charge in [0.05, 0.1) is 18.1 Å². The average Bonchev–Trinajstić information content (AvgIpc) is 3.05. The van der Waals surface area contributed by atoms with Crippen LogP contribution in [0.15, 0.2) is 30.7 Å². The highest BCUT2D eigenvalue weighted by Gasteiger charge is 2.18. The van der Waals surface area contributed by atoms with Crippen LogP contribution in [0.2, 0.25) is 0 Å². The van der Waals surface area contributed by atoms with Gasteiger partial charge in [-0.1, -0.05) is 0 Å². The van der Waals surface area contributed by atoms with Crippen LogP contribution in [0.1, 0.15) is 19.8 Å². The standard InChI is InChI=1S/C18H21N7O2/c1-11(26)22-15-10-25-9-12(2-3-16(25)24-15)14-8-21-17(19)18(23-14)27-13-4-6-20-7-5-13/h2-3,8-10,13,20H,4-7H2,1H3,(H2,19,21)(H,22,26). The maximum atomic E-state index is 11.2. The van der Waals surface area contributed by atoms with E-state index in [0.717, 1.165) is 37.1 Å². The van der Waals surface area contributed by atoms with Crippen LogP contribution in [0.3, 0.4) is 0 Å². The van der Waals surface area contributed by atoms with Crippen molar-refractivity contribution in [3.05, 3.63) is 30.7 Å². The number of amides is 1. The summed E-state index contributed by atoms with van der Waals surface area (Å²) in [6, 6.07) is 3.75. The Hall–Kier alpha value is -3.20. The highest BCUT2D eigenvalue weighted by molar-refractivity contribution is 5.87. The zero-order chi connectivity index (χ0) is 18.8. The predicted octanol–water partition coefficient (Wildman–Crippen LogP) is 1.46. The van der Waals surface area contributed by atoms with Crippen molar-refractivity contribution in [3.63, 3.8) is 0 Å². The number of piperidine rings is 1. The SMILES string of the molecule is CC(=O)Nc1cn2cc(-c3cnc(N)c(OC4CCNCC4)n3)ccc2n1. The number of rotatable bonds is 4. The number of nitrogen functional groups attached to an aromatic ring is 1. The quantitative estimate of drug-likeness (QED) is 0.638. The molecule has 0 bridgehead atoms. The van der Waals surface area contributed by atoms with Gasteiger partial charge in [-0.3, -0.25) is 4.79 Å². The molecule has 4 N–H and O–H groups in total. The molecule has 4 heterocycles. The first-order valence-electron chi connectivity index (χ1n) is 8.85. The van der Waals surface area contributed by atoms with E-state index in [1.54, 1.807) is 12.4 Å². The summed E-state index contributed by atoms with van der Waals surface area (Å²) in [6.07, 6.45) is 7.17. The van der Waals surface area contributed by atoms with Gasteiger partial charge in [0.2, 0.25) is 5.91 Å². The minimum atomic E-state index is -0.164. The Balaban J connectivity index is 1.62. The number of nitrogens with one attached hydrogen (secondary N) is 2. The van der Waals surface area contributed by atoms with Crippen LogP contribution in [-0.2, 0) is 4.79 Å². The molecule has 0 radical (unpaired) electrons. The van der Waals surface area contributed by atoms with E-state index < -0.39 is 0 Å². The summed E-state index contributed by atoms with van der Waals surface area (Å²) in [6.45, 7) is 3.29. The fraction of sp³-hybridized carbons (Fsp3) is 0.333. The number of hydrogen-bond acceptors (Lipinski definition) is 7. The molecule has 0 unspecified atom stereocenters. The second-order valence-corrected chi connectivity index (χ2v) is 6.50. The minimum absolute atomic E-state index is 0.0921. The number of fused-ring (bicyclic) bond motifs is 1. The molecule has 0 aromatic carbocycles. The van der Waals surface area contributed by atoms with Gasteiger partial charge in [0.1, 0.15) is 11.8 Å². The van der Waals surface area contributed by atoms with Crippen LogP contribution in [0.25, 0.3) is 16.9 Å². The van der Waals surface area contributed by atoms with Gasteiger partial charge in [-0.2, -0.15) is 0 Å². The molecule has 27 heavy (non-hydrogen) atoms. The van der Waals surface area contributed by atoms with Crippen molar-refractivity contribution in [1.29, 1.82) is 0 Å². The normalized spacial score (nSPS) is 15.0. The molecule has 9 heteroatoms. The third-order valence-electron chi connectivity index (χ3n) is 4.38. The number of pyridine rings is 1. The number of hydrogen-bond donors (Lipinski definition) is 3. The highest BCUT2D eigenvalue weighted by Crippen LogP contribution is 2.25. The van der Waals surface area contributed by atoms with Crippen molar-refractivity contribution in [1.82, 2.24) is 24.7 Å². The Labute approximate surface area is 156 Å². The second-order valence-electron chi connectivity index (χ2n) is 6.50. The Morgan fingerprint density at radius 2 is 2.11 bits per heavy atom. The highest BCUT2D eigenvalue weighted by atomic mass is 16.5. The Kier molecular flexibility index (Phi) is 4.59. The molecule has 1 saturated heterocycles. The monoisotopic (exact) mass is 367 g/mol. The molecule has 1 amide bonds. The van der Waals surface area contributed by atoms with E-state index in [1.165, 1.54) is 6.92 Å². The van der Waals surface area contributed by atoms with E-state index >= 15 is 0 Å². The van der Waals surface area contributed by atoms with E-state index in [4.69, 9.17) is 10.5 Å². The van der Waals surface area contributed by atoms with Gasteiger partial charge < -0.3 is 25.5 Å². The van der Waals surface area contributed by atoms with Gasteiger partial charge >= 0.3 is 0 Å². The van der Waals surface area contributed by atoms with Crippen LogP contribution in [0, 0.1) is 0 Å². The summed E-state index contributed by atoms with van der Waals surface area (Å²) in [5.41, 5.74) is 8.18. The first-order valence-corrected chi connectivity index (χ1v) is 8.85. The van der Waals surface area contributed by atoms with Crippen molar-refractivity contribution in [2.45, 2.75) is 25.9 Å². The van der Waals surface area contributed by atoms with Crippen molar-refractivity contribution in [3.8, 4) is 17.1 Å². The van der Waals surface area contributed by atoms with Gasteiger partial charge in [-0.05, 0) is 38.1 Å². The second kappa shape index (κ2) is 7.20. The summed E-state index contributed by atoms with van der Waals surface area (Å²) >= 11 is 0. The van der Waals surface area contributed by atoms with Crippen molar-refractivity contribution >= 4 is 23.2 Å². The third kappa shape index (κ3) is 3.82. The molecule has 4 rings (SSSR count). The van der Waals surface area contributed by atoms with Gasteiger partial charge in [0.25, 0.3) is 5.88 Å². The van der Waals surface area contributed by atoms with E-state index in [2.05, 4.69) is 25.6 Å². The van der Waals surface area contributed by atoms with Gasteiger partial charge in [-0.15, -0.1) is 0 Å². The van der Waals surface area contributed by atoms with Crippen LogP contribution < -0.4 is 21.1 Å². The number of nitrogens with two attached hydrogens (primary N) is 1. The lowest BCUT2D eigenvalue weighted by atomic mass is 10.1. The maximum Gasteiger partial charge on any atom is 0.258 e. The van der Waals surface area contributed by atoms with E-state index in [9.17, 15) is 4.79 Å². The van der Waals surface area contributed by atoms with Gasteiger partial charge in [-0.25, -0.2) is 15.0 Å². The van der Waals surface area contributed by atoms with Crippen molar-refractivity contribution < 1.29 is 9.53 Å². The zero-order valence-electron chi connectivity index (χ0n) is 15.0. The van der Waals surface area contributed by atoms with Crippen LogP contribution in [0.4, 0.5) is 11.6 Å². The summed E-state index contributed by atoms with van der Waals surface area (Å²) in [5, 5.41) is 5.98. The molecule has 0 atom stereocenters. The molecule has 0 spiro atoms. The molecule has 0 saturated carbocycles. The minimum Gasteiger partial charge on any atom is -0.472 e. The number of aromatic nitrogens is 4. The molecule has 3 aromatic rings. The van der Waals surface area contributed by atoms with Crippen LogP contribution in [0.5, 0.6) is 5.88 Å².